The Morgan fingerprint density at radius 2 is 2.24 bits per heavy atom. The van der Waals surface area contributed by atoms with Gasteiger partial charge in [-0.2, -0.15) is 13.2 Å². The van der Waals surface area contributed by atoms with Crippen molar-refractivity contribution >= 4 is 0 Å². The van der Waals surface area contributed by atoms with E-state index in [9.17, 15) is 13.2 Å². The lowest BCUT2D eigenvalue weighted by molar-refractivity contribution is -0.175. The van der Waals surface area contributed by atoms with Crippen LogP contribution in [0.3, 0.4) is 0 Å². The molecule has 1 aromatic heterocycles. The normalized spacial score (nSPS) is 13.6. The summed E-state index contributed by atoms with van der Waals surface area (Å²) in [5.74, 6) is 0. The van der Waals surface area contributed by atoms with Crippen LogP contribution in [0.2, 0.25) is 0 Å². The number of hydrogen-bond donors (Lipinski definition) is 1. The zero-order valence-corrected chi connectivity index (χ0v) is 9.50. The summed E-state index contributed by atoms with van der Waals surface area (Å²) in [5.41, 5.74) is 0.816. The minimum atomic E-state index is -4.29. The van der Waals surface area contributed by atoms with Gasteiger partial charge in [0.2, 0.25) is 0 Å². The van der Waals surface area contributed by atoms with Gasteiger partial charge in [0.15, 0.2) is 0 Å². The van der Waals surface area contributed by atoms with Gasteiger partial charge in [-0.25, -0.2) is 0 Å². The fraction of sp³-hybridized carbons (Fsp3) is 0.545. The van der Waals surface area contributed by atoms with E-state index in [4.69, 9.17) is 0 Å². The fourth-order valence-electron chi connectivity index (χ4n) is 1.39. The topological polar surface area (TPSA) is 34.1 Å². The molecule has 1 N–H and O–H groups in total. The third kappa shape index (κ3) is 5.65. The lowest BCUT2D eigenvalue weighted by Gasteiger charge is -2.18. The molecule has 0 saturated heterocycles. The first kappa shape index (κ1) is 13.9. The number of pyridine rings is 1. The van der Waals surface area contributed by atoms with E-state index in [1.54, 1.807) is 24.5 Å². The Morgan fingerprint density at radius 1 is 1.47 bits per heavy atom. The molecule has 1 unspecified atom stereocenters. The van der Waals surface area contributed by atoms with E-state index in [1.807, 2.05) is 6.92 Å². The Morgan fingerprint density at radius 3 is 2.76 bits per heavy atom. The van der Waals surface area contributed by atoms with Crippen molar-refractivity contribution < 1.29 is 17.9 Å². The molecular weight excluding hydrogens is 233 g/mol. The Kier molecular flexibility index (Phi) is 5.37. The number of alkyl halides is 3. The van der Waals surface area contributed by atoms with Crippen molar-refractivity contribution in [3.63, 3.8) is 0 Å². The molecule has 0 aliphatic carbocycles. The van der Waals surface area contributed by atoms with Gasteiger partial charge >= 0.3 is 6.18 Å². The third-order valence-corrected chi connectivity index (χ3v) is 2.09. The molecule has 3 nitrogen and oxygen atoms in total. The molecule has 17 heavy (non-hydrogen) atoms. The van der Waals surface area contributed by atoms with Crippen molar-refractivity contribution in [1.29, 1.82) is 0 Å². The van der Waals surface area contributed by atoms with Gasteiger partial charge in [0.25, 0.3) is 0 Å². The molecule has 1 aromatic rings. The molecule has 0 aliphatic rings. The first-order chi connectivity index (χ1) is 8.03. The van der Waals surface area contributed by atoms with Gasteiger partial charge < -0.3 is 10.1 Å². The van der Waals surface area contributed by atoms with E-state index in [2.05, 4.69) is 15.0 Å². The van der Waals surface area contributed by atoms with Crippen LogP contribution in [0.25, 0.3) is 0 Å². The summed E-state index contributed by atoms with van der Waals surface area (Å²) < 4.78 is 40.5. The maximum Gasteiger partial charge on any atom is 0.411 e. The van der Waals surface area contributed by atoms with Gasteiger partial charge in [-0.15, -0.1) is 0 Å². The SMILES string of the molecule is CCNC(COCC(F)(F)F)c1cccnc1. The largest absolute Gasteiger partial charge is 0.411 e. The van der Waals surface area contributed by atoms with E-state index in [0.717, 1.165) is 5.56 Å². The fourth-order valence-corrected chi connectivity index (χ4v) is 1.39. The number of likely N-dealkylation sites (N-methyl/N-ethyl adjacent to an activating group) is 1. The zero-order valence-electron chi connectivity index (χ0n) is 9.50. The van der Waals surface area contributed by atoms with E-state index >= 15 is 0 Å². The Hall–Kier alpha value is -1.14. The number of ether oxygens (including phenoxy) is 1. The molecule has 0 saturated carbocycles. The second kappa shape index (κ2) is 6.56. The number of hydrogen-bond acceptors (Lipinski definition) is 3. The van der Waals surface area contributed by atoms with Crippen molar-refractivity contribution in [3.8, 4) is 0 Å². The van der Waals surface area contributed by atoms with Crippen LogP contribution in [0.1, 0.15) is 18.5 Å². The minimum absolute atomic E-state index is 0.0287. The maximum absolute atomic E-state index is 11.9. The molecule has 0 radical (unpaired) electrons. The number of aromatic nitrogens is 1. The lowest BCUT2D eigenvalue weighted by Crippen LogP contribution is -2.28. The van der Waals surface area contributed by atoms with Crippen molar-refractivity contribution in [2.24, 2.45) is 0 Å². The molecule has 1 rings (SSSR count). The Balaban J connectivity index is 2.50. The molecule has 1 atom stereocenters. The number of halogens is 3. The molecule has 1 heterocycles. The number of nitrogens with one attached hydrogen (secondary N) is 1. The van der Waals surface area contributed by atoms with Crippen LogP contribution in [0, 0.1) is 0 Å². The smallest absolute Gasteiger partial charge is 0.370 e. The minimum Gasteiger partial charge on any atom is -0.370 e. The zero-order chi connectivity index (χ0) is 12.7. The number of nitrogens with zero attached hydrogens (tertiary/aromatic N) is 1. The molecule has 0 fully saturated rings. The average molecular weight is 248 g/mol. The molecular formula is C11H15F3N2O. The first-order valence-electron chi connectivity index (χ1n) is 5.30. The van der Waals surface area contributed by atoms with Crippen LogP contribution < -0.4 is 5.32 Å². The van der Waals surface area contributed by atoms with E-state index in [-0.39, 0.29) is 12.6 Å². The van der Waals surface area contributed by atoms with Crippen LogP contribution in [-0.2, 0) is 4.74 Å². The summed E-state index contributed by atoms with van der Waals surface area (Å²) in [6, 6.07) is 3.27. The molecule has 0 amide bonds. The van der Waals surface area contributed by atoms with Gasteiger partial charge in [-0.3, -0.25) is 4.98 Å². The van der Waals surface area contributed by atoms with Crippen LogP contribution in [0.15, 0.2) is 24.5 Å². The summed E-state index contributed by atoms with van der Waals surface area (Å²) >= 11 is 0. The highest BCUT2D eigenvalue weighted by Crippen LogP contribution is 2.17. The molecule has 0 bridgehead atoms. The summed E-state index contributed by atoms with van der Waals surface area (Å²) in [7, 11) is 0. The average Bonchev–Trinajstić information content (AvgIpc) is 2.27. The Bertz CT molecular complexity index is 316. The standard InChI is InChI=1S/C11H15F3N2O/c1-2-16-10(7-17-8-11(12,13)14)9-4-3-5-15-6-9/h3-6,10,16H,2,7-8H2,1H3. The number of rotatable bonds is 6. The molecule has 0 aromatic carbocycles. The van der Waals surface area contributed by atoms with E-state index in [0.29, 0.717) is 6.54 Å². The van der Waals surface area contributed by atoms with Crippen LogP contribution in [-0.4, -0.2) is 30.9 Å². The van der Waals surface area contributed by atoms with E-state index < -0.39 is 12.8 Å². The molecule has 6 heteroatoms. The van der Waals surface area contributed by atoms with Crippen molar-refractivity contribution in [3.05, 3.63) is 30.1 Å². The molecule has 0 aliphatic heterocycles. The van der Waals surface area contributed by atoms with E-state index in [1.165, 1.54) is 0 Å². The summed E-state index contributed by atoms with van der Waals surface area (Å²) in [6.07, 6.45) is -1.06. The van der Waals surface area contributed by atoms with Crippen molar-refractivity contribution in [1.82, 2.24) is 10.3 Å². The van der Waals surface area contributed by atoms with Gasteiger partial charge in [0, 0.05) is 12.4 Å². The summed E-state index contributed by atoms with van der Waals surface area (Å²) in [5, 5.41) is 3.05. The van der Waals surface area contributed by atoms with Gasteiger partial charge in [-0.05, 0) is 18.2 Å². The van der Waals surface area contributed by atoms with Gasteiger partial charge in [0.1, 0.15) is 6.61 Å². The summed E-state index contributed by atoms with van der Waals surface area (Å²) in [4.78, 5) is 3.93. The third-order valence-electron chi connectivity index (χ3n) is 2.09. The maximum atomic E-state index is 11.9. The Labute approximate surface area is 98.0 Å². The predicted octanol–water partition coefficient (Wildman–Crippen LogP) is 2.31. The highest BCUT2D eigenvalue weighted by Gasteiger charge is 2.28. The van der Waals surface area contributed by atoms with Crippen LogP contribution >= 0.6 is 0 Å². The molecule has 96 valence electrons. The quantitative estimate of drug-likeness (QED) is 0.838. The van der Waals surface area contributed by atoms with Crippen molar-refractivity contribution in [2.45, 2.75) is 19.1 Å². The van der Waals surface area contributed by atoms with Crippen LogP contribution in [0.5, 0.6) is 0 Å². The second-order valence-corrected chi connectivity index (χ2v) is 3.53. The summed E-state index contributed by atoms with van der Waals surface area (Å²) in [6.45, 7) is 1.27. The monoisotopic (exact) mass is 248 g/mol. The predicted molar refractivity (Wildman–Crippen MR) is 57.5 cm³/mol. The van der Waals surface area contributed by atoms with Gasteiger partial charge in [0.05, 0.1) is 12.6 Å². The first-order valence-corrected chi connectivity index (χ1v) is 5.30. The highest BCUT2D eigenvalue weighted by atomic mass is 19.4. The van der Waals surface area contributed by atoms with Crippen molar-refractivity contribution in [2.75, 3.05) is 19.8 Å². The lowest BCUT2D eigenvalue weighted by atomic mass is 10.1. The molecule has 0 spiro atoms. The van der Waals surface area contributed by atoms with Gasteiger partial charge in [-0.1, -0.05) is 13.0 Å². The second-order valence-electron chi connectivity index (χ2n) is 3.53. The highest BCUT2D eigenvalue weighted by molar-refractivity contribution is 5.13. The van der Waals surface area contributed by atoms with Crippen LogP contribution in [0.4, 0.5) is 13.2 Å².